The normalized spacial score (nSPS) is 13.3. The number of hydrogen-bond acceptors (Lipinski definition) is 12. The molecule has 0 amide bonds. The van der Waals surface area contributed by atoms with Crippen molar-refractivity contribution in [2.24, 2.45) is 0 Å². The number of allylic oxidation sites excluding steroid dienone is 10. The molecule has 0 saturated carbocycles. The van der Waals surface area contributed by atoms with E-state index in [1.54, 1.807) is 62.7 Å². The molecule has 2 aliphatic rings. The molecule has 0 atom stereocenters. The molecule has 14 nitrogen and oxygen atoms in total. The number of methoxy groups -OCH3 is 2. The SMILES string of the molecule is CC(C)(CO)N/C=C1/C=CC=CC1=O.CC(C)(CO)N/C=C1/C=CC=CC1=O.CCO.CCO.COC=O.COC=O.O.O.[Ni].[Ni]. The van der Waals surface area contributed by atoms with Crippen molar-refractivity contribution in [1.29, 1.82) is 0 Å². The Bertz CT molecular complexity index is 857. The van der Waals surface area contributed by atoms with Gasteiger partial charge in [-0.3, -0.25) is 19.2 Å². The minimum Gasteiger partial charge on any atom is -0.471 e. The predicted molar refractivity (Wildman–Crippen MR) is 170 cm³/mol. The zero-order valence-electron chi connectivity index (χ0n) is 27.6. The van der Waals surface area contributed by atoms with Gasteiger partial charge in [0.25, 0.3) is 12.9 Å². The smallest absolute Gasteiger partial charge is 0.292 e. The second-order valence-electron chi connectivity index (χ2n) is 9.03. The Morgan fingerprint density at radius 1 is 0.630 bits per heavy atom. The van der Waals surface area contributed by atoms with Gasteiger partial charge in [0, 0.05) is 69.7 Å². The van der Waals surface area contributed by atoms with Crippen LogP contribution in [0, 0.1) is 0 Å². The molecule has 0 aromatic rings. The van der Waals surface area contributed by atoms with E-state index in [2.05, 4.69) is 20.1 Å². The van der Waals surface area contributed by atoms with Crippen molar-refractivity contribution in [2.45, 2.75) is 52.6 Å². The van der Waals surface area contributed by atoms with Gasteiger partial charge >= 0.3 is 0 Å². The first-order valence-electron chi connectivity index (χ1n) is 12.9. The average Bonchev–Trinajstić information content (AvgIpc) is 2.98. The van der Waals surface area contributed by atoms with Gasteiger partial charge in [0.05, 0.1) is 38.5 Å². The Hall–Kier alpha value is -2.93. The summed E-state index contributed by atoms with van der Waals surface area (Å²) >= 11 is 0. The third-order valence-corrected chi connectivity index (χ3v) is 4.06. The minimum atomic E-state index is -0.401. The first-order valence-corrected chi connectivity index (χ1v) is 12.9. The molecule has 0 bridgehead atoms. The van der Waals surface area contributed by atoms with Crippen LogP contribution in [0.25, 0.3) is 0 Å². The third-order valence-electron chi connectivity index (χ3n) is 4.06. The Morgan fingerprint density at radius 2 is 0.848 bits per heavy atom. The van der Waals surface area contributed by atoms with Crippen molar-refractivity contribution < 1.29 is 93.0 Å². The van der Waals surface area contributed by atoms with Gasteiger partial charge in [-0.05, 0) is 65.8 Å². The summed E-state index contributed by atoms with van der Waals surface area (Å²) in [7, 11) is 2.62. The maximum Gasteiger partial charge on any atom is 0.292 e. The van der Waals surface area contributed by atoms with Crippen LogP contribution in [0.15, 0.2) is 72.2 Å². The molecule has 16 heteroatoms. The first kappa shape index (κ1) is 62.0. The number of aliphatic hydroxyl groups is 4. The van der Waals surface area contributed by atoms with Crippen LogP contribution in [0.4, 0.5) is 0 Å². The molecule has 0 aromatic heterocycles. The average molecular weight is 752 g/mol. The number of nitrogens with one attached hydrogen (secondary N) is 2. The monoisotopic (exact) mass is 750 g/mol. The fourth-order valence-corrected chi connectivity index (χ4v) is 1.84. The molecule has 0 unspecified atom stereocenters. The summed E-state index contributed by atoms with van der Waals surface area (Å²) in [6.07, 6.45) is 16.8. The molecule has 0 heterocycles. The van der Waals surface area contributed by atoms with Crippen molar-refractivity contribution >= 4 is 24.5 Å². The van der Waals surface area contributed by atoms with Crippen LogP contribution in [0.3, 0.4) is 0 Å². The first-order chi connectivity index (χ1) is 19.8. The van der Waals surface area contributed by atoms with E-state index in [0.717, 1.165) is 0 Å². The van der Waals surface area contributed by atoms with Crippen LogP contribution < -0.4 is 10.6 Å². The van der Waals surface area contributed by atoms with Gasteiger partial charge in [0.1, 0.15) is 0 Å². The second kappa shape index (κ2) is 42.1. The number of carbonyl (C=O) groups excluding carboxylic acids is 4. The van der Waals surface area contributed by atoms with Crippen LogP contribution in [0.5, 0.6) is 0 Å². The Labute approximate surface area is 292 Å². The van der Waals surface area contributed by atoms with E-state index in [9.17, 15) is 9.59 Å². The molecular formula is C30H54N2Ni2O12. The zero-order valence-corrected chi connectivity index (χ0v) is 29.6. The number of aliphatic hydroxyl groups excluding tert-OH is 4. The molecule has 276 valence electrons. The summed E-state index contributed by atoms with van der Waals surface area (Å²) in [5.74, 6) is -0.0394. The van der Waals surface area contributed by atoms with E-state index < -0.39 is 11.1 Å². The molecule has 2 aliphatic carbocycles. The predicted octanol–water partition coefficient (Wildman–Crippen LogP) is -0.227. The largest absolute Gasteiger partial charge is 0.471 e. The molecule has 46 heavy (non-hydrogen) atoms. The Balaban J connectivity index is -0.0000000704. The van der Waals surface area contributed by atoms with E-state index in [-0.39, 0.29) is 81.9 Å². The topological polar surface area (TPSA) is 255 Å². The van der Waals surface area contributed by atoms with E-state index in [4.69, 9.17) is 30.0 Å². The van der Waals surface area contributed by atoms with E-state index in [1.165, 1.54) is 26.4 Å². The van der Waals surface area contributed by atoms with Gasteiger partial charge in [-0.2, -0.15) is 0 Å². The van der Waals surface area contributed by atoms with Crippen LogP contribution in [0.1, 0.15) is 41.5 Å². The summed E-state index contributed by atoms with van der Waals surface area (Å²) in [5, 5.41) is 39.1. The van der Waals surface area contributed by atoms with E-state index in [1.807, 2.05) is 27.7 Å². The van der Waals surface area contributed by atoms with Crippen molar-refractivity contribution in [1.82, 2.24) is 10.6 Å². The number of hydrogen-bond donors (Lipinski definition) is 6. The second-order valence-corrected chi connectivity index (χ2v) is 9.03. The van der Waals surface area contributed by atoms with E-state index >= 15 is 0 Å². The van der Waals surface area contributed by atoms with Gasteiger partial charge in [-0.25, -0.2) is 0 Å². The van der Waals surface area contributed by atoms with Gasteiger partial charge in [0.2, 0.25) is 0 Å². The summed E-state index contributed by atoms with van der Waals surface area (Å²) in [6.45, 7) is 12.1. The summed E-state index contributed by atoms with van der Waals surface area (Å²) in [5.41, 5.74) is 0.410. The fourth-order valence-electron chi connectivity index (χ4n) is 1.84. The summed E-state index contributed by atoms with van der Waals surface area (Å²) in [6, 6.07) is 0. The summed E-state index contributed by atoms with van der Waals surface area (Å²) in [4.78, 5) is 40.5. The van der Waals surface area contributed by atoms with Gasteiger partial charge in [0.15, 0.2) is 11.6 Å². The summed E-state index contributed by atoms with van der Waals surface area (Å²) < 4.78 is 7.72. The number of carbonyl (C=O) groups is 4. The van der Waals surface area contributed by atoms with Crippen molar-refractivity contribution in [2.75, 3.05) is 40.6 Å². The van der Waals surface area contributed by atoms with Gasteiger partial charge in [-0.1, -0.05) is 24.3 Å². The van der Waals surface area contributed by atoms with Gasteiger partial charge in [-0.15, -0.1) is 0 Å². The van der Waals surface area contributed by atoms with Crippen LogP contribution in [0.2, 0.25) is 0 Å². The zero-order chi connectivity index (χ0) is 33.5. The number of ketones is 2. The van der Waals surface area contributed by atoms with Crippen molar-refractivity contribution in [3.63, 3.8) is 0 Å². The molecule has 0 saturated heterocycles. The van der Waals surface area contributed by atoms with Crippen molar-refractivity contribution in [3.8, 4) is 0 Å². The standard InChI is InChI=1S/2C11H15NO2.2C2H4O2.2C2H6O.2Ni.2H2O/c2*1-11(2,8-13)12-7-9-5-3-4-6-10(9)14;2*1-4-2-3;2*1-2-3;;;;/h2*3-7,12-13H,8H2,1-2H3;2*2H,1H3;2*3H,2H2,1H3;;;2*1H2/b2*9-7-;;;;;;;;. The molecule has 0 aliphatic heterocycles. The quantitative estimate of drug-likeness (QED) is 0.107. The van der Waals surface area contributed by atoms with Gasteiger partial charge < -0.3 is 51.5 Å². The molecule has 0 aromatic carbocycles. The van der Waals surface area contributed by atoms with E-state index in [0.29, 0.717) is 24.1 Å². The van der Waals surface area contributed by atoms with Crippen LogP contribution in [-0.2, 0) is 61.6 Å². The number of ether oxygens (including phenoxy) is 2. The van der Waals surface area contributed by atoms with Crippen LogP contribution >= 0.6 is 0 Å². The molecule has 2 rings (SSSR count). The number of rotatable bonds is 8. The van der Waals surface area contributed by atoms with Crippen LogP contribution in [-0.4, -0.2) is 108 Å². The molecule has 0 spiro atoms. The molecule has 0 radical (unpaired) electrons. The minimum absolute atomic E-state index is 0. The molecular weight excluding hydrogens is 698 g/mol. The Kier molecular flexibility index (Phi) is 56.7. The maximum atomic E-state index is 11.3. The third kappa shape index (κ3) is 43.2. The Morgan fingerprint density at radius 3 is 1.02 bits per heavy atom. The fraction of sp³-hybridized carbons (Fsp3) is 0.467. The molecule has 10 N–H and O–H groups in total. The maximum absolute atomic E-state index is 11.3. The van der Waals surface area contributed by atoms with Crippen molar-refractivity contribution in [3.05, 3.63) is 72.2 Å². The molecule has 0 fully saturated rings.